The molecule has 1 fully saturated rings. The molecule has 0 amide bonds. The normalized spacial score (nSPS) is 29.2. The Morgan fingerprint density at radius 2 is 2.15 bits per heavy atom. The largest absolute Gasteiger partial charge is 0.481 e. The van der Waals surface area contributed by atoms with Crippen molar-refractivity contribution in [1.29, 1.82) is 0 Å². The first-order valence-electron chi connectivity index (χ1n) is 4.76. The highest BCUT2D eigenvalue weighted by Gasteiger charge is 2.26. The number of carboxylic acids is 1. The van der Waals surface area contributed by atoms with Crippen LogP contribution < -0.4 is 5.43 Å². The van der Waals surface area contributed by atoms with E-state index in [4.69, 9.17) is 5.11 Å². The number of hydrazine groups is 1. The molecule has 13 heavy (non-hydrogen) atoms. The Labute approximate surface area is 78.9 Å². The lowest BCUT2D eigenvalue weighted by Gasteiger charge is -2.29. The van der Waals surface area contributed by atoms with Gasteiger partial charge in [-0.25, -0.2) is 0 Å². The van der Waals surface area contributed by atoms with Gasteiger partial charge in [0, 0.05) is 20.1 Å². The topological polar surface area (TPSA) is 52.6 Å². The van der Waals surface area contributed by atoms with E-state index in [-0.39, 0.29) is 5.92 Å². The molecular formula is C9H18N2O2. The molecule has 76 valence electrons. The summed E-state index contributed by atoms with van der Waals surface area (Å²) in [7, 11) is 3.87. The molecule has 0 aromatic heterocycles. The Morgan fingerprint density at radius 3 is 2.69 bits per heavy atom. The van der Waals surface area contributed by atoms with Crippen LogP contribution in [0, 0.1) is 5.92 Å². The van der Waals surface area contributed by atoms with Gasteiger partial charge in [0.15, 0.2) is 0 Å². The van der Waals surface area contributed by atoms with Crippen LogP contribution in [0.25, 0.3) is 0 Å². The van der Waals surface area contributed by atoms with Crippen molar-refractivity contribution < 1.29 is 9.90 Å². The number of hydrogen-bond acceptors (Lipinski definition) is 3. The highest BCUT2D eigenvalue weighted by atomic mass is 16.4. The first kappa shape index (κ1) is 10.5. The van der Waals surface area contributed by atoms with Crippen molar-refractivity contribution in [2.24, 2.45) is 5.92 Å². The first-order valence-corrected chi connectivity index (χ1v) is 4.76. The highest BCUT2D eigenvalue weighted by Crippen LogP contribution is 2.24. The number of aliphatic carboxylic acids is 1. The van der Waals surface area contributed by atoms with Crippen molar-refractivity contribution in [2.45, 2.75) is 31.7 Å². The molecule has 1 aliphatic rings. The fraction of sp³-hybridized carbons (Fsp3) is 0.889. The summed E-state index contributed by atoms with van der Waals surface area (Å²) in [5, 5.41) is 10.7. The minimum atomic E-state index is -0.648. The molecule has 0 aliphatic heterocycles. The lowest BCUT2D eigenvalue weighted by molar-refractivity contribution is -0.143. The second kappa shape index (κ2) is 4.58. The van der Waals surface area contributed by atoms with E-state index in [1.54, 1.807) is 0 Å². The van der Waals surface area contributed by atoms with E-state index < -0.39 is 5.97 Å². The maximum absolute atomic E-state index is 10.7. The van der Waals surface area contributed by atoms with Crippen LogP contribution in [-0.4, -0.2) is 36.2 Å². The van der Waals surface area contributed by atoms with Crippen molar-refractivity contribution in [3.8, 4) is 0 Å². The zero-order valence-electron chi connectivity index (χ0n) is 8.29. The fourth-order valence-corrected chi connectivity index (χ4v) is 1.90. The Morgan fingerprint density at radius 1 is 1.46 bits per heavy atom. The molecule has 1 aliphatic carbocycles. The third-order valence-electron chi connectivity index (χ3n) is 2.46. The number of nitrogens with one attached hydrogen (secondary N) is 1. The molecule has 1 rings (SSSR count). The van der Waals surface area contributed by atoms with Crippen LogP contribution in [0.15, 0.2) is 0 Å². The van der Waals surface area contributed by atoms with Crippen LogP contribution in [0.1, 0.15) is 25.7 Å². The van der Waals surface area contributed by atoms with Gasteiger partial charge in [-0.15, -0.1) is 0 Å². The summed E-state index contributed by atoms with van der Waals surface area (Å²) in [4.78, 5) is 10.7. The summed E-state index contributed by atoms with van der Waals surface area (Å²) < 4.78 is 0. The predicted octanol–water partition coefficient (Wildman–Crippen LogP) is 0.696. The van der Waals surface area contributed by atoms with Crippen LogP contribution in [0.3, 0.4) is 0 Å². The third-order valence-corrected chi connectivity index (χ3v) is 2.46. The minimum Gasteiger partial charge on any atom is -0.481 e. The van der Waals surface area contributed by atoms with E-state index in [0.717, 1.165) is 25.7 Å². The molecular weight excluding hydrogens is 168 g/mol. The summed E-state index contributed by atoms with van der Waals surface area (Å²) in [5.74, 6) is -0.795. The van der Waals surface area contributed by atoms with Gasteiger partial charge >= 0.3 is 5.97 Å². The molecule has 0 bridgehead atoms. The molecule has 0 heterocycles. The summed E-state index contributed by atoms with van der Waals surface area (Å²) in [6.45, 7) is 0. The van der Waals surface area contributed by atoms with Gasteiger partial charge in [0.1, 0.15) is 0 Å². The van der Waals surface area contributed by atoms with Gasteiger partial charge in [-0.1, -0.05) is 6.42 Å². The molecule has 0 saturated heterocycles. The van der Waals surface area contributed by atoms with Gasteiger partial charge in [-0.05, 0) is 19.3 Å². The van der Waals surface area contributed by atoms with Crippen molar-refractivity contribution >= 4 is 5.97 Å². The summed E-state index contributed by atoms with van der Waals surface area (Å²) in [5.41, 5.74) is 3.24. The third kappa shape index (κ3) is 3.32. The van der Waals surface area contributed by atoms with Gasteiger partial charge < -0.3 is 5.11 Å². The minimum absolute atomic E-state index is 0.147. The maximum Gasteiger partial charge on any atom is 0.306 e. The Kier molecular flexibility index (Phi) is 3.69. The van der Waals surface area contributed by atoms with Crippen molar-refractivity contribution in [1.82, 2.24) is 10.4 Å². The SMILES string of the molecule is CN(C)NC1CCCC(C(=O)O)C1. The molecule has 2 N–H and O–H groups in total. The Balaban J connectivity index is 2.37. The van der Waals surface area contributed by atoms with Crippen molar-refractivity contribution in [2.75, 3.05) is 14.1 Å². The van der Waals surface area contributed by atoms with E-state index >= 15 is 0 Å². The number of carbonyl (C=O) groups is 1. The predicted molar refractivity (Wildman–Crippen MR) is 50.2 cm³/mol. The molecule has 1 saturated carbocycles. The van der Waals surface area contributed by atoms with Crippen LogP contribution in [0.2, 0.25) is 0 Å². The van der Waals surface area contributed by atoms with Crippen LogP contribution in [0.5, 0.6) is 0 Å². The Hall–Kier alpha value is -0.610. The molecule has 0 radical (unpaired) electrons. The monoisotopic (exact) mass is 186 g/mol. The first-order chi connectivity index (χ1) is 6.09. The van der Waals surface area contributed by atoms with E-state index in [9.17, 15) is 4.79 Å². The van der Waals surface area contributed by atoms with E-state index in [1.807, 2.05) is 19.1 Å². The number of carboxylic acid groups (broad SMARTS) is 1. The quantitative estimate of drug-likeness (QED) is 0.637. The smallest absolute Gasteiger partial charge is 0.306 e. The maximum atomic E-state index is 10.7. The van der Waals surface area contributed by atoms with Gasteiger partial charge in [0.25, 0.3) is 0 Å². The van der Waals surface area contributed by atoms with Crippen LogP contribution in [-0.2, 0) is 4.79 Å². The lowest BCUT2D eigenvalue weighted by atomic mass is 9.86. The fourth-order valence-electron chi connectivity index (χ4n) is 1.90. The van der Waals surface area contributed by atoms with Crippen molar-refractivity contribution in [3.05, 3.63) is 0 Å². The zero-order chi connectivity index (χ0) is 9.84. The van der Waals surface area contributed by atoms with E-state index in [1.165, 1.54) is 0 Å². The van der Waals surface area contributed by atoms with Crippen molar-refractivity contribution in [3.63, 3.8) is 0 Å². The average molecular weight is 186 g/mol. The second-order valence-corrected chi connectivity index (χ2v) is 3.92. The highest BCUT2D eigenvalue weighted by molar-refractivity contribution is 5.70. The summed E-state index contributed by atoms with van der Waals surface area (Å²) in [6, 6.07) is 0.338. The molecule has 0 aromatic carbocycles. The van der Waals surface area contributed by atoms with Gasteiger partial charge in [0.05, 0.1) is 5.92 Å². The number of nitrogens with zero attached hydrogens (tertiary/aromatic N) is 1. The molecule has 4 nitrogen and oxygen atoms in total. The summed E-state index contributed by atoms with van der Waals surface area (Å²) >= 11 is 0. The molecule has 0 aromatic rings. The van der Waals surface area contributed by atoms with E-state index in [2.05, 4.69) is 5.43 Å². The van der Waals surface area contributed by atoms with Gasteiger partial charge in [0.2, 0.25) is 0 Å². The van der Waals surface area contributed by atoms with E-state index in [0.29, 0.717) is 6.04 Å². The standard InChI is InChI=1S/C9H18N2O2/c1-11(2)10-8-5-3-4-7(6-8)9(12)13/h7-8,10H,3-6H2,1-2H3,(H,12,13). The Bertz CT molecular complexity index is 182. The molecule has 2 unspecified atom stereocenters. The molecule has 0 spiro atoms. The average Bonchev–Trinajstić information content (AvgIpc) is 2.03. The van der Waals surface area contributed by atoms with Gasteiger partial charge in [-0.3, -0.25) is 15.2 Å². The number of hydrogen-bond donors (Lipinski definition) is 2. The molecule has 2 atom stereocenters. The zero-order valence-corrected chi connectivity index (χ0v) is 8.29. The molecule has 4 heteroatoms. The second-order valence-electron chi connectivity index (χ2n) is 3.92. The summed E-state index contributed by atoms with van der Waals surface area (Å²) in [6.07, 6.45) is 3.69. The van der Waals surface area contributed by atoms with Crippen LogP contribution in [0.4, 0.5) is 0 Å². The lowest BCUT2D eigenvalue weighted by Crippen LogP contribution is -2.43. The van der Waals surface area contributed by atoms with Gasteiger partial charge in [-0.2, -0.15) is 0 Å². The van der Waals surface area contributed by atoms with Crippen LogP contribution >= 0.6 is 0 Å². The number of rotatable bonds is 3.